The van der Waals surface area contributed by atoms with Crippen molar-refractivity contribution >= 4 is 23.4 Å². The van der Waals surface area contributed by atoms with Crippen molar-refractivity contribution in [2.45, 2.75) is 0 Å². The number of rotatable bonds is 3. The Hall–Kier alpha value is -1.75. The van der Waals surface area contributed by atoms with Crippen LogP contribution in [0.4, 0.5) is 0 Å². The van der Waals surface area contributed by atoms with Crippen LogP contribution in [0, 0.1) is 0 Å². The van der Waals surface area contributed by atoms with E-state index in [4.69, 9.17) is 11.6 Å². The third kappa shape index (κ3) is 3.64. The number of phenols is 1. The number of likely N-dealkylation sites (N-methyl/N-ethyl adjacent to an activating group) is 1. The van der Waals surface area contributed by atoms with Gasteiger partial charge in [0.05, 0.1) is 11.6 Å². The van der Waals surface area contributed by atoms with Crippen LogP contribution in [0.5, 0.6) is 5.75 Å². The molecule has 0 aliphatic carbocycles. The number of halogens is 1. The molecule has 0 spiro atoms. The van der Waals surface area contributed by atoms with Crippen LogP contribution in [0.15, 0.2) is 18.2 Å². The highest BCUT2D eigenvalue weighted by Crippen LogP contribution is 2.23. The molecule has 2 N–H and O–H groups in total. The Labute approximate surface area is 104 Å². The Morgan fingerprint density at radius 3 is 2.59 bits per heavy atom. The Balaban J connectivity index is 2.64. The van der Waals surface area contributed by atoms with Crippen LogP contribution < -0.4 is 5.32 Å². The largest absolute Gasteiger partial charge is 0.506 e. The summed E-state index contributed by atoms with van der Waals surface area (Å²) >= 11 is 5.67. The van der Waals surface area contributed by atoms with Gasteiger partial charge in [-0.15, -0.1) is 0 Å². The van der Waals surface area contributed by atoms with Gasteiger partial charge in [-0.1, -0.05) is 11.6 Å². The fraction of sp³-hybridized carbons (Fsp3) is 0.273. The molecule has 0 atom stereocenters. The number of hydrogen-bond acceptors (Lipinski definition) is 3. The number of aromatic hydroxyl groups is 1. The van der Waals surface area contributed by atoms with Crippen LogP contribution in [-0.2, 0) is 4.79 Å². The molecule has 17 heavy (non-hydrogen) atoms. The van der Waals surface area contributed by atoms with Gasteiger partial charge in [-0.3, -0.25) is 9.59 Å². The van der Waals surface area contributed by atoms with E-state index in [-0.39, 0.29) is 23.2 Å². The molecule has 0 saturated carbocycles. The lowest BCUT2D eigenvalue weighted by atomic mass is 10.2. The summed E-state index contributed by atoms with van der Waals surface area (Å²) in [5, 5.41) is 11.7. The van der Waals surface area contributed by atoms with Crippen LogP contribution >= 0.6 is 11.6 Å². The topological polar surface area (TPSA) is 69.6 Å². The molecular weight excluding hydrogens is 244 g/mol. The zero-order valence-electron chi connectivity index (χ0n) is 9.53. The van der Waals surface area contributed by atoms with E-state index < -0.39 is 5.91 Å². The summed E-state index contributed by atoms with van der Waals surface area (Å²) < 4.78 is 0. The van der Waals surface area contributed by atoms with E-state index in [1.807, 2.05) is 0 Å². The Kier molecular flexibility index (Phi) is 4.34. The third-order valence-corrected chi connectivity index (χ3v) is 2.41. The van der Waals surface area contributed by atoms with E-state index in [0.29, 0.717) is 5.56 Å². The van der Waals surface area contributed by atoms with Crippen molar-refractivity contribution < 1.29 is 14.7 Å². The summed E-state index contributed by atoms with van der Waals surface area (Å²) in [6.45, 7) is -0.0790. The van der Waals surface area contributed by atoms with Gasteiger partial charge in [0.2, 0.25) is 5.91 Å². The van der Waals surface area contributed by atoms with Gasteiger partial charge in [-0.25, -0.2) is 0 Å². The predicted octanol–water partition coefficient (Wildman–Crippen LogP) is 0.864. The zero-order chi connectivity index (χ0) is 13.0. The van der Waals surface area contributed by atoms with Crippen LogP contribution in [0.25, 0.3) is 0 Å². The van der Waals surface area contributed by atoms with Gasteiger partial charge >= 0.3 is 0 Å². The number of carbonyl (C=O) groups is 2. The number of hydrogen-bond donors (Lipinski definition) is 2. The van der Waals surface area contributed by atoms with Crippen LogP contribution in [0.2, 0.25) is 5.02 Å². The van der Waals surface area contributed by atoms with Gasteiger partial charge in [-0.2, -0.15) is 0 Å². The zero-order valence-corrected chi connectivity index (χ0v) is 10.3. The average molecular weight is 257 g/mol. The summed E-state index contributed by atoms with van der Waals surface area (Å²) in [5.41, 5.74) is 0.291. The molecule has 5 nitrogen and oxygen atoms in total. The summed E-state index contributed by atoms with van der Waals surface area (Å²) in [6.07, 6.45) is 0. The van der Waals surface area contributed by atoms with E-state index in [1.165, 1.54) is 23.1 Å². The molecule has 0 aliphatic rings. The summed E-state index contributed by atoms with van der Waals surface area (Å²) in [5.74, 6) is -0.710. The standard InChI is InChI=1S/C11H13ClN2O3/c1-14(2)10(16)6-13-11(17)7-3-4-9(15)8(12)5-7/h3-5,15H,6H2,1-2H3,(H,13,17). The fourth-order valence-electron chi connectivity index (χ4n) is 1.06. The normalized spacial score (nSPS) is 9.82. The number of benzene rings is 1. The Morgan fingerprint density at radius 1 is 1.41 bits per heavy atom. The van der Waals surface area contributed by atoms with Crippen molar-refractivity contribution in [2.24, 2.45) is 0 Å². The SMILES string of the molecule is CN(C)C(=O)CNC(=O)c1ccc(O)c(Cl)c1. The highest BCUT2D eigenvalue weighted by molar-refractivity contribution is 6.32. The van der Waals surface area contributed by atoms with Crippen molar-refractivity contribution in [3.63, 3.8) is 0 Å². The second-order valence-electron chi connectivity index (χ2n) is 3.64. The molecule has 0 fully saturated rings. The predicted molar refractivity (Wildman–Crippen MR) is 64.1 cm³/mol. The minimum Gasteiger partial charge on any atom is -0.506 e. The van der Waals surface area contributed by atoms with Crippen LogP contribution in [-0.4, -0.2) is 42.5 Å². The summed E-state index contributed by atoms with van der Waals surface area (Å²) in [6, 6.07) is 4.09. The minimum atomic E-state index is -0.415. The van der Waals surface area contributed by atoms with Crippen molar-refractivity contribution in [2.75, 3.05) is 20.6 Å². The molecule has 1 aromatic rings. The van der Waals surface area contributed by atoms with Crippen molar-refractivity contribution in [1.29, 1.82) is 0 Å². The number of nitrogens with one attached hydrogen (secondary N) is 1. The summed E-state index contributed by atoms with van der Waals surface area (Å²) in [4.78, 5) is 24.2. The Bertz CT molecular complexity index is 446. The minimum absolute atomic E-state index is 0.0790. The first kappa shape index (κ1) is 13.3. The van der Waals surface area contributed by atoms with E-state index >= 15 is 0 Å². The first-order valence-electron chi connectivity index (χ1n) is 4.88. The number of nitrogens with zero attached hydrogens (tertiary/aromatic N) is 1. The number of carbonyl (C=O) groups excluding carboxylic acids is 2. The van der Waals surface area contributed by atoms with Crippen molar-refractivity contribution in [3.05, 3.63) is 28.8 Å². The Morgan fingerprint density at radius 2 is 2.06 bits per heavy atom. The molecule has 0 aliphatic heterocycles. The smallest absolute Gasteiger partial charge is 0.251 e. The van der Waals surface area contributed by atoms with Gasteiger partial charge in [0.15, 0.2) is 0 Å². The maximum atomic E-state index is 11.6. The lowest BCUT2D eigenvalue weighted by Gasteiger charge is -2.11. The number of amides is 2. The highest BCUT2D eigenvalue weighted by atomic mass is 35.5. The maximum Gasteiger partial charge on any atom is 0.251 e. The first-order chi connectivity index (χ1) is 7.91. The van der Waals surface area contributed by atoms with Gasteiger partial charge in [0.1, 0.15) is 5.75 Å². The molecule has 92 valence electrons. The molecule has 0 saturated heterocycles. The lowest BCUT2D eigenvalue weighted by Crippen LogP contribution is -2.36. The van der Waals surface area contributed by atoms with Crippen molar-refractivity contribution in [1.82, 2.24) is 10.2 Å². The number of phenolic OH excluding ortho intramolecular Hbond substituents is 1. The van der Waals surface area contributed by atoms with E-state index in [0.717, 1.165) is 0 Å². The molecule has 0 radical (unpaired) electrons. The lowest BCUT2D eigenvalue weighted by molar-refractivity contribution is -0.127. The van der Waals surface area contributed by atoms with E-state index in [2.05, 4.69) is 5.32 Å². The first-order valence-corrected chi connectivity index (χ1v) is 5.26. The van der Waals surface area contributed by atoms with Gasteiger partial charge in [-0.05, 0) is 18.2 Å². The second-order valence-corrected chi connectivity index (χ2v) is 4.04. The van der Waals surface area contributed by atoms with E-state index in [9.17, 15) is 14.7 Å². The second kappa shape index (κ2) is 5.54. The fourth-order valence-corrected chi connectivity index (χ4v) is 1.24. The van der Waals surface area contributed by atoms with Gasteiger partial charge in [0, 0.05) is 19.7 Å². The molecule has 2 amide bonds. The molecule has 0 bridgehead atoms. The monoisotopic (exact) mass is 256 g/mol. The molecule has 1 aromatic carbocycles. The molecular formula is C11H13ClN2O3. The average Bonchev–Trinajstić information content (AvgIpc) is 2.28. The van der Waals surface area contributed by atoms with Gasteiger partial charge < -0.3 is 15.3 Å². The third-order valence-electron chi connectivity index (χ3n) is 2.11. The van der Waals surface area contributed by atoms with E-state index in [1.54, 1.807) is 14.1 Å². The highest BCUT2D eigenvalue weighted by Gasteiger charge is 2.10. The van der Waals surface area contributed by atoms with Gasteiger partial charge in [0.25, 0.3) is 5.91 Å². The molecule has 1 rings (SSSR count). The molecule has 6 heteroatoms. The quantitative estimate of drug-likeness (QED) is 0.843. The van der Waals surface area contributed by atoms with Crippen LogP contribution in [0.3, 0.4) is 0 Å². The summed E-state index contributed by atoms with van der Waals surface area (Å²) in [7, 11) is 3.21. The van der Waals surface area contributed by atoms with Crippen LogP contribution in [0.1, 0.15) is 10.4 Å². The molecule has 0 aromatic heterocycles. The molecule has 0 unspecified atom stereocenters. The van der Waals surface area contributed by atoms with Crippen molar-refractivity contribution in [3.8, 4) is 5.75 Å². The molecule has 0 heterocycles. The maximum absolute atomic E-state index is 11.6.